The van der Waals surface area contributed by atoms with Gasteiger partial charge in [0.15, 0.2) is 5.17 Å². The lowest BCUT2D eigenvalue weighted by Gasteiger charge is -2.20. The molecule has 0 radical (unpaired) electrons. The van der Waals surface area contributed by atoms with Crippen LogP contribution in [0.15, 0.2) is 59.6 Å². The number of hydrogen-bond acceptors (Lipinski definition) is 3. The van der Waals surface area contributed by atoms with Crippen LogP contribution in [0.1, 0.15) is 12.5 Å². The highest BCUT2D eigenvalue weighted by atomic mass is 32.2. The van der Waals surface area contributed by atoms with Gasteiger partial charge in [0.2, 0.25) is 0 Å². The second-order valence-electron chi connectivity index (χ2n) is 4.83. The number of nitrogens with one attached hydrogen (secondary N) is 1. The quantitative estimate of drug-likeness (QED) is 0.917. The molecule has 1 atom stereocenters. The molecule has 0 bridgehead atoms. The Kier molecular flexibility index (Phi) is 3.51. The Morgan fingerprint density at radius 1 is 1.10 bits per heavy atom. The van der Waals surface area contributed by atoms with E-state index in [0.29, 0.717) is 10.9 Å². The van der Waals surface area contributed by atoms with Gasteiger partial charge in [-0.25, -0.2) is 4.39 Å². The van der Waals surface area contributed by atoms with E-state index in [1.807, 2.05) is 37.3 Å². The zero-order chi connectivity index (χ0) is 14.9. The molecule has 2 aromatic rings. The van der Waals surface area contributed by atoms with Gasteiger partial charge in [-0.3, -0.25) is 4.79 Å². The van der Waals surface area contributed by atoms with E-state index in [9.17, 15) is 9.18 Å². The summed E-state index contributed by atoms with van der Waals surface area (Å²) in [5, 5.41) is 3.30. The summed E-state index contributed by atoms with van der Waals surface area (Å²) >= 11 is 1.30. The Labute approximate surface area is 126 Å². The highest BCUT2D eigenvalue weighted by molar-refractivity contribution is 8.16. The van der Waals surface area contributed by atoms with Crippen molar-refractivity contribution in [2.24, 2.45) is 4.99 Å². The van der Waals surface area contributed by atoms with Gasteiger partial charge in [0.05, 0.1) is 5.69 Å². The summed E-state index contributed by atoms with van der Waals surface area (Å²) in [6.07, 6.45) is 0. The van der Waals surface area contributed by atoms with Crippen LogP contribution >= 0.6 is 11.8 Å². The fourth-order valence-corrected chi connectivity index (χ4v) is 3.19. The summed E-state index contributed by atoms with van der Waals surface area (Å²) in [6.45, 7) is 1.83. The van der Waals surface area contributed by atoms with E-state index >= 15 is 0 Å². The fraction of sp³-hybridized carbons (Fsp3) is 0.125. The predicted octanol–water partition coefficient (Wildman–Crippen LogP) is 3.78. The van der Waals surface area contributed by atoms with Crippen LogP contribution in [0.3, 0.4) is 0 Å². The third-order valence-electron chi connectivity index (χ3n) is 3.35. The highest BCUT2D eigenvalue weighted by Gasteiger charge is 2.42. The maximum absolute atomic E-state index is 13.6. The molecule has 2 aromatic carbocycles. The smallest absolute Gasteiger partial charge is 0.269 e. The molecule has 0 aromatic heterocycles. The van der Waals surface area contributed by atoms with Crippen molar-refractivity contribution in [1.29, 1.82) is 0 Å². The zero-order valence-corrected chi connectivity index (χ0v) is 12.2. The maximum atomic E-state index is 13.6. The highest BCUT2D eigenvalue weighted by Crippen LogP contribution is 2.42. The number of aliphatic imine (C=N–C) groups is 1. The number of rotatable bonds is 2. The van der Waals surface area contributed by atoms with E-state index in [1.165, 1.54) is 17.8 Å². The Morgan fingerprint density at radius 3 is 2.48 bits per heavy atom. The molecule has 1 unspecified atom stereocenters. The molecule has 1 aliphatic rings. The average Bonchev–Trinajstić information content (AvgIpc) is 2.78. The van der Waals surface area contributed by atoms with E-state index < -0.39 is 4.75 Å². The first-order valence-corrected chi connectivity index (χ1v) is 7.30. The molecule has 1 amide bonds. The molecular weight excluding hydrogens is 287 g/mol. The number of halogens is 1. The van der Waals surface area contributed by atoms with Crippen molar-refractivity contribution in [3.8, 4) is 0 Å². The van der Waals surface area contributed by atoms with Crippen LogP contribution in [-0.4, -0.2) is 11.1 Å². The van der Waals surface area contributed by atoms with E-state index in [1.54, 1.807) is 18.2 Å². The first-order chi connectivity index (χ1) is 10.1. The third-order valence-corrected chi connectivity index (χ3v) is 4.56. The van der Waals surface area contributed by atoms with E-state index in [2.05, 4.69) is 10.3 Å². The van der Waals surface area contributed by atoms with Crippen LogP contribution in [0.25, 0.3) is 0 Å². The van der Waals surface area contributed by atoms with Crippen molar-refractivity contribution < 1.29 is 9.18 Å². The average molecular weight is 300 g/mol. The summed E-state index contributed by atoms with van der Waals surface area (Å²) in [4.78, 5) is 16.3. The number of carbonyl (C=O) groups excluding carboxylic acids is 1. The minimum Gasteiger partial charge on any atom is -0.332 e. The summed E-state index contributed by atoms with van der Waals surface area (Å²) in [7, 11) is 0. The molecule has 1 heterocycles. The number of nitrogens with zero attached hydrogens (tertiary/aromatic N) is 1. The normalized spacial score (nSPS) is 21.2. The minimum absolute atomic E-state index is 0.238. The molecular formula is C16H13FN2OS. The number of benzene rings is 2. The molecule has 1 aliphatic heterocycles. The Hall–Kier alpha value is -2.14. The molecule has 0 saturated heterocycles. The van der Waals surface area contributed by atoms with E-state index in [4.69, 9.17) is 0 Å². The first kappa shape index (κ1) is 13.8. The van der Waals surface area contributed by atoms with Crippen molar-refractivity contribution in [1.82, 2.24) is 0 Å². The lowest BCUT2D eigenvalue weighted by Crippen LogP contribution is -2.24. The van der Waals surface area contributed by atoms with Crippen molar-refractivity contribution in [3.05, 3.63) is 66.0 Å². The zero-order valence-electron chi connectivity index (χ0n) is 11.3. The second kappa shape index (κ2) is 5.33. The van der Waals surface area contributed by atoms with Gasteiger partial charge >= 0.3 is 0 Å². The summed E-state index contributed by atoms with van der Waals surface area (Å²) in [5.74, 6) is -0.612. The van der Waals surface area contributed by atoms with Crippen LogP contribution in [0.2, 0.25) is 0 Å². The molecule has 0 saturated carbocycles. The van der Waals surface area contributed by atoms with Crippen molar-refractivity contribution in [2.75, 3.05) is 5.32 Å². The van der Waals surface area contributed by atoms with Gasteiger partial charge in [-0.2, -0.15) is 4.99 Å². The van der Waals surface area contributed by atoms with Crippen LogP contribution in [0, 0.1) is 5.82 Å². The molecule has 21 heavy (non-hydrogen) atoms. The van der Waals surface area contributed by atoms with Crippen molar-refractivity contribution in [2.45, 2.75) is 11.7 Å². The largest absolute Gasteiger partial charge is 0.332 e. The molecule has 0 fully saturated rings. The monoisotopic (exact) mass is 300 g/mol. The SMILES string of the molecule is CC1(c2ccccc2)SC(Nc2ccccc2F)=NC1=O. The van der Waals surface area contributed by atoms with Crippen molar-refractivity contribution >= 4 is 28.5 Å². The molecule has 3 nitrogen and oxygen atoms in total. The number of amidine groups is 1. The van der Waals surface area contributed by atoms with Crippen LogP contribution in [-0.2, 0) is 9.54 Å². The Balaban J connectivity index is 1.84. The van der Waals surface area contributed by atoms with E-state index in [0.717, 1.165) is 5.56 Å². The number of hydrogen-bond donors (Lipinski definition) is 1. The lowest BCUT2D eigenvalue weighted by atomic mass is 10.00. The van der Waals surface area contributed by atoms with Gasteiger partial charge in [0.1, 0.15) is 10.6 Å². The van der Waals surface area contributed by atoms with Crippen LogP contribution in [0.5, 0.6) is 0 Å². The summed E-state index contributed by atoms with van der Waals surface area (Å²) in [5.41, 5.74) is 1.20. The molecule has 0 aliphatic carbocycles. The number of anilines is 1. The van der Waals surface area contributed by atoms with Gasteiger partial charge in [-0.1, -0.05) is 54.2 Å². The number of para-hydroxylation sites is 1. The van der Waals surface area contributed by atoms with Gasteiger partial charge < -0.3 is 5.32 Å². The number of thioether (sulfide) groups is 1. The Morgan fingerprint density at radius 2 is 1.76 bits per heavy atom. The lowest BCUT2D eigenvalue weighted by molar-refractivity contribution is -0.119. The van der Waals surface area contributed by atoms with E-state index in [-0.39, 0.29) is 11.7 Å². The van der Waals surface area contributed by atoms with Gasteiger partial charge in [0.25, 0.3) is 5.91 Å². The maximum Gasteiger partial charge on any atom is 0.269 e. The van der Waals surface area contributed by atoms with Crippen LogP contribution < -0.4 is 5.32 Å². The van der Waals surface area contributed by atoms with Gasteiger partial charge in [-0.15, -0.1) is 0 Å². The number of carbonyl (C=O) groups is 1. The first-order valence-electron chi connectivity index (χ1n) is 6.49. The van der Waals surface area contributed by atoms with Gasteiger partial charge in [0, 0.05) is 0 Å². The fourth-order valence-electron chi connectivity index (χ4n) is 2.13. The predicted molar refractivity (Wildman–Crippen MR) is 83.8 cm³/mol. The minimum atomic E-state index is -0.769. The molecule has 0 spiro atoms. The van der Waals surface area contributed by atoms with Crippen molar-refractivity contribution in [3.63, 3.8) is 0 Å². The molecule has 1 N–H and O–H groups in total. The third kappa shape index (κ3) is 2.56. The molecule has 106 valence electrons. The summed E-state index contributed by atoms with van der Waals surface area (Å²) in [6, 6.07) is 15.8. The Bertz CT molecular complexity index is 717. The topological polar surface area (TPSA) is 41.5 Å². The number of amides is 1. The molecule has 3 rings (SSSR count). The van der Waals surface area contributed by atoms with Crippen LogP contribution in [0.4, 0.5) is 10.1 Å². The summed E-state index contributed by atoms with van der Waals surface area (Å²) < 4.78 is 12.9. The second-order valence-corrected chi connectivity index (χ2v) is 6.24. The van der Waals surface area contributed by atoms with Gasteiger partial charge in [-0.05, 0) is 24.6 Å². The molecule has 5 heteroatoms. The standard InChI is InChI=1S/C16H13FN2OS/c1-16(11-7-3-2-4-8-11)14(20)19-15(21-16)18-13-10-6-5-9-12(13)17/h2-10H,1H3,(H,18,19,20).